The minimum absolute atomic E-state index is 0.0944. The van der Waals surface area contributed by atoms with E-state index < -0.39 is 0 Å². The van der Waals surface area contributed by atoms with E-state index in [9.17, 15) is 14.4 Å². The summed E-state index contributed by atoms with van der Waals surface area (Å²) in [7, 11) is 0. The second-order valence-electron chi connectivity index (χ2n) is 11.9. The molecule has 7 nitrogen and oxygen atoms in total. The lowest BCUT2D eigenvalue weighted by molar-refractivity contribution is 0.0974. The third-order valence-electron chi connectivity index (χ3n) is 8.79. The fourth-order valence-corrected chi connectivity index (χ4v) is 7.42. The van der Waals surface area contributed by atoms with Gasteiger partial charge in [0.25, 0.3) is 11.8 Å². The molecule has 1 atom stereocenters. The molecule has 2 aromatic heterocycles. The molecule has 2 fully saturated rings. The summed E-state index contributed by atoms with van der Waals surface area (Å²) in [5.74, 6) is 1.20. The molecule has 43 heavy (non-hydrogen) atoms. The van der Waals surface area contributed by atoms with E-state index in [1.165, 1.54) is 0 Å². The van der Waals surface area contributed by atoms with Crippen molar-refractivity contribution >= 4 is 46.1 Å². The van der Waals surface area contributed by atoms with Crippen LogP contribution in [-0.4, -0.2) is 41.7 Å². The van der Waals surface area contributed by atoms with Gasteiger partial charge in [-0.2, -0.15) is 0 Å². The molecule has 7 rings (SSSR count). The number of amides is 2. The van der Waals surface area contributed by atoms with Crippen LogP contribution >= 0.6 is 11.3 Å². The maximum Gasteiger partial charge on any atom is 0.259 e. The summed E-state index contributed by atoms with van der Waals surface area (Å²) < 4.78 is 0. The Morgan fingerprint density at radius 1 is 0.977 bits per heavy atom. The van der Waals surface area contributed by atoms with Crippen molar-refractivity contribution in [1.82, 2.24) is 4.98 Å². The van der Waals surface area contributed by atoms with Gasteiger partial charge in [-0.05, 0) is 99.0 Å². The van der Waals surface area contributed by atoms with Gasteiger partial charge in [-0.3, -0.25) is 14.4 Å². The first-order valence-electron chi connectivity index (χ1n) is 15.2. The van der Waals surface area contributed by atoms with E-state index in [2.05, 4.69) is 22.1 Å². The summed E-state index contributed by atoms with van der Waals surface area (Å²) in [5.41, 5.74) is 4.68. The van der Waals surface area contributed by atoms with Gasteiger partial charge in [0.05, 0.1) is 16.1 Å². The van der Waals surface area contributed by atoms with E-state index in [0.717, 1.165) is 58.8 Å². The van der Waals surface area contributed by atoms with Crippen LogP contribution in [0.15, 0.2) is 72.9 Å². The number of para-hydroxylation sites is 1. The molecule has 8 heteroatoms. The number of benzene rings is 2. The van der Waals surface area contributed by atoms with Gasteiger partial charge < -0.3 is 15.1 Å². The molecular formula is C35H34N4O3S. The van der Waals surface area contributed by atoms with Gasteiger partial charge in [0.1, 0.15) is 5.82 Å². The van der Waals surface area contributed by atoms with E-state index in [1.54, 1.807) is 47.9 Å². The van der Waals surface area contributed by atoms with E-state index in [-0.39, 0.29) is 17.6 Å². The van der Waals surface area contributed by atoms with Crippen molar-refractivity contribution in [3.63, 3.8) is 0 Å². The number of rotatable bonds is 7. The number of aromatic nitrogens is 1. The van der Waals surface area contributed by atoms with Crippen LogP contribution < -0.4 is 15.1 Å². The highest BCUT2D eigenvalue weighted by atomic mass is 32.1. The Hall–Kier alpha value is -4.30. The number of pyridine rings is 1. The molecular weight excluding hydrogens is 556 g/mol. The largest absolute Gasteiger partial charge is 0.353 e. The number of hydrogen-bond acceptors (Lipinski definition) is 6. The second kappa shape index (κ2) is 11.4. The summed E-state index contributed by atoms with van der Waals surface area (Å²) in [6.45, 7) is 3.57. The zero-order valence-electron chi connectivity index (χ0n) is 24.2. The lowest BCUT2D eigenvalue weighted by atomic mass is 10.1. The Labute approximate surface area is 255 Å². The Kier molecular flexibility index (Phi) is 7.31. The Bertz CT molecular complexity index is 1710. The van der Waals surface area contributed by atoms with Crippen LogP contribution in [0.2, 0.25) is 0 Å². The minimum Gasteiger partial charge on any atom is -0.353 e. The van der Waals surface area contributed by atoms with Crippen LogP contribution in [-0.2, 0) is 6.42 Å². The van der Waals surface area contributed by atoms with Crippen LogP contribution in [0, 0.1) is 5.92 Å². The summed E-state index contributed by atoms with van der Waals surface area (Å²) in [5, 5.41) is 2.99. The number of thiophene rings is 1. The van der Waals surface area contributed by atoms with Crippen LogP contribution in [0.4, 0.5) is 17.2 Å². The molecule has 2 aliphatic heterocycles. The molecule has 3 aliphatic rings. The predicted octanol–water partition coefficient (Wildman–Crippen LogP) is 7.24. The zero-order chi connectivity index (χ0) is 29.5. The number of anilines is 3. The molecule has 1 saturated carbocycles. The van der Waals surface area contributed by atoms with Crippen molar-refractivity contribution in [2.24, 2.45) is 5.92 Å². The topological polar surface area (TPSA) is 82.6 Å². The third-order valence-corrected chi connectivity index (χ3v) is 10.0. The average molecular weight is 591 g/mol. The summed E-state index contributed by atoms with van der Waals surface area (Å²) in [4.78, 5) is 50.4. The molecule has 4 aromatic rings. The van der Waals surface area contributed by atoms with Crippen molar-refractivity contribution < 1.29 is 14.4 Å². The molecule has 2 aromatic carbocycles. The van der Waals surface area contributed by atoms with E-state index in [0.29, 0.717) is 54.0 Å². The average Bonchev–Trinajstić information content (AvgIpc) is 3.62. The van der Waals surface area contributed by atoms with Gasteiger partial charge in [0.2, 0.25) is 0 Å². The highest BCUT2D eigenvalue weighted by molar-refractivity contribution is 7.17. The van der Waals surface area contributed by atoms with Crippen LogP contribution in [0.1, 0.15) is 75.0 Å². The predicted molar refractivity (Wildman–Crippen MR) is 171 cm³/mol. The van der Waals surface area contributed by atoms with Gasteiger partial charge in [0, 0.05) is 53.4 Å². The van der Waals surface area contributed by atoms with Gasteiger partial charge in [-0.25, -0.2) is 4.98 Å². The molecule has 1 saturated heterocycles. The van der Waals surface area contributed by atoms with Crippen LogP contribution in [0.3, 0.4) is 0 Å². The van der Waals surface area contributed by atoms with E-state index in [4.69, 9.17) is 0 Å². The zero-order valence-corrected chi connectivity index (χ0v) is 25.0. The summed E-state index contributed by atoms with van der Waals surface area (Å²) >= 11 is 1.56. The number of hydrogen-bond donors (Lipinski definition) is 1. The van der Waals surface area contributed by atoms with Gasteiger partial charge >= 0.3 is 0 Å². The molecule has 0 spiro atoms. The smallest absolute Gasteiger partial charge is 0.259 e. The lowest BCUT2D eigenvalue weighted by Gasteiger charge is -2.24. The lowest BCUT2D eigenvalue weighted by Crippen LogP contribution is -2.32. The second-order valence-corrected chi connectivity index (χ2v) is 12.9. The SMILES string of the molecule is C[C@H]1CCCN1c1ncccc1C(=O)Nc1ccc(C(=O)N2CCc3cc(C(=O)CC4CC4)sc3-c3ccccc32)cc1. The molecule has 2 amide bonds. The quantitative estimate of drug-likeness (QED) is 0.230. The molecule has 0 bridgehead atoms. The van der Waals surface area contributed by atoms with Crippen LogP contribution in [0.5, 0.6) is 0 Å². The van der Waals surface area contributed by atoms with Crippen LogP contribution in [0.25, 0.3) is 10.4 Å². The normalized spacial score (nSPS) is 17.7. The molecule has 0 unspecified atom stereocenters. The number of ketones is 1. The van der Waals surface area contributed by atoms with E-state index in [1.807, 2.05) is 41.3 Å². The van der Waals surface area contributed by atoms with Gasteiger partial charge in [-0.15, -0.1) is 11.3 Å². The van der Waals surface area contributed by atoms with Crippen molar-refractivity contribution in [2.45, 2.75) is 51.5 Å². The molecule has 1 N–H and O–H groups in total. The number of fused-ring (bicyclic) bond motifs is 3. The first-order valence-corrected chi connectivity index (χ1v) is 16.0. The monoisotopic (exact) mass is 590 g/mol. The first-order chi connectivity index (χ1) is 21.0. The van der Waals surface area contributed by atoms with Crippen molar-refractivity contribution in [3.8, 4) is 10.4 Å². The summed E-state index contributed by atoms with van der Waals surface area (Å²) in [6.07, 6.45) is 7.55. The fraction of sp³-hybridized carbons (Fsp3) is 0.314. The molecule has 4 heterocycles. The van der Waals surface area contributed by atoms with Crippen molar-refractivity contribution in [3.05, 3.63) is 94.5 Å². The number of Topliss-reactive ketones (excluding diaryl/α,β-unsaturated/α-hetero) is 1. The first kappa shape index (κ1) is 27.5. The standard InChI is InChI=1S/C35H34N4O3S/c1-22-6-5-18-38(22)33-28(8-4-17-36-33)34(41)37-26-14-12-24(13-15-26)35(42)39-19-16-25-21-31(30(40)20-23-10-11-23)43-32(25)27-7-2-3-9-29(27)39/h2-4,7-9,12-15,17,21-23H,5-6,10-11,16,18-20H2,1H3,(H,37,41)/t22-/m0/s1. The fourth-order valence-electron chi connectivity index (χ4n) is 6.23. The molecule has 1 aliphatic carbocycles. The summed E-state index contributed by atoms with van der Waals surface area (Å²) in [6, 6.07) is 21.0. The molecule has 218 valence electrons. The Morgan fingerprint density at radius 3 is 2.56 bits per heavy atom. The number of nitrogens with one attached hydrogen (secondary N) is 1. The highest BCUT2D eigenvalue weighted by Gasteiger charge is 2.30. The minimum atomic E-state index is -0.219. The highest BCUT2D eigenvalue weighted by Crippen LogP contribution is 2.43. The number of nitrogens with zero attached hydrogens (tertiary/aromatic N) is 3. The van der Waals surface area contributed by atoms with Gasteiger partial charge in [0.15, 0.2) is 5.78 Å². The van der Waals surface area contributed by atoms with Gasteiger partial charge in [-0.1, -0.05) is 18.2 Å². The Morgan fingerprint density at radius 2 is 1.79 bits per heavy atom. The number of carbonyl (C=O) groups is 3. The molecule has 0 radical (unpaired) electrons. The maximum absolute atomic E-state index is 13.8. The Balaban J connectivity index is 1.09. The maximum atomic E-state index is 13.8. The van der Waals surface area contributed by atoms with Crippen molar-refractivity contribution in [1.29, 1.82) is 0 Å². The third kappa shape index (κ3) is 5.47. The number of carbonyl (C=O) groups excluding carboxylic acids is 3. The van der Waals surface area contributed by atoms with Crippen molar-refractivity contribution in [2.75, 3.05) is 28.2 Å². The van der Waals surface area contributed by atoms with E-state index >= 15 is 0 Å².